The van der Waals surface area contributed by atoms with Crippen molar-refractivity contribution in [1.29, 1.82) is 0 Å². The van der Waals surface area contributed by atoms with Gasteiger partial charge in [-0.25, -0.2) is 0 Å². The minimum absolute atomic E-state index is 0. The van der Waals surface area contributed by atoms with Gasteiger partial charge in [-0.1, -0.05) is 22.0 Å². The van der Waals surface area contributed by atoms with Crippen molar-refractivity contribution in [3.8, 4) is 0 Å². The number of benzene rings is 1. The molecule has 0 saturated carbocycles. The molecule has 6 nitrogen and oxygen atoms in total. The second-order valence-corrected chi connectivity index (χ2v) is 6.37. The van der Waals surface area contributed by atoms with Gasteiger partial charge in [0, 0.05) is 23.4 Å². The Morgan fingerprint density at radius 3 is 2.65 bits per heavy atom. The van der Waals surface area contributed by atoms with Gasteiger partial charge in [-0.05, 0) is 37.5 Å². The summed E-state index contributed by atoms with van der Waals surface area (Å²) in [6.45, 7) is 2.73. The molecule has 1 aliphatic rings. The van der Waals surface area contributed by atoms with E-state index >= 15 is 0 Å². The van der Waals surface area contributed by atoms with E-state index in [2.05, 4.69) is 26.6 Å². The highest BCUT2D eigenvalue weighted by atomic mass is 79.9. The molecular formula is C15H21BrClN3O3. The highest BCUT2D eigenvalue weighted by molar-refractivity contribution is 9.10. The number of carbonyl (C=O) groups excluding carboxylic acids is 2. The smallest absolute Gasteiger partial charge is 0.243 e. The Morgan fingerprint density at radius 2 is 2.00 bits per heavy atom. The van der Waals surface area contributed by atoms with Crippen molar-refractivity contribution in [2.24, 2.45) is 5.73 Å². The normalized spacial score (nSPS) is 16.1. The third-order valence-corrected chi connectivity index (χ3v) is 4.21. The molecule has 1 aromatic carbocycles. The van der Waals surface area contributed by atoms with Gasteiger partial charge >= 0.3 is 0 Å². The Hall–Kier alpha value is -1.15. The van der Waals surface area contributed by atoms with E-state index in [-0.39, 0.29) is 30.8 Å². The van der Waals surface area contributed by atoms with Crippen molar-refractivity contribution in [3.63, 3.8) is 0 Å². The zero-order valence-corrected chi connectivity index (χ0v) is 15.3. The predicted molar refractivity (Wildman–Crippen MR) is 94.7 cm³/mol. The van der Waals surface area contributed by atoms with Crippen LogP contribution in [0.15, 0.2) is 22.7 Å². The molecule has 2 amide bonds. The van der Waals surface area contributed by atoms with Crippen LogP contribution in [0.5, 0.6) is 0 Å². The van der Waals surface area contributed by atoms with Gasteiger partial charge in [0.1, 0.15) is 0 Å². The molecule has 0 radical (unpaired) electrons. The lowest BCUT2D eigenvalue weighted by atomic mass is 9.90. The van der Waals surface area contributed by atoms with Crippen molar-refractivity contribution >= 4 is 45.8 Å². The molecule has 1 aromatic rings. The van der Waals surface area contributed by atoms with Crippen LogP contribution < -0.4 is 16.4 Å². The summed E-state index contributed by atoms with van der Waals surface area (Å²) >= 11 is 3.36. The summed E-state index contributed by atoms with van der Waals surface area (Å²) in [6.07, 6.45) is 0.927. The predicted octanol–water partition coefficient (Wildman–Crippen LogP) is 1.74. The Morgan fingerprint density at radius 1 is 1.35 bits per heavy atom. The minimum Gasteiger partial charge on any atom is -0.381 e. The Kier molecular flexibility index (Phi) is 7.47. The molecule has 0 atom stereocenters. The molecule has 0 unspecified atom stereocenters. The molecule has 1 saturated heterocycles. The molecule has 1 fully saturated rings. The van der Waals surface area contributed by atoms with E-state index in [1.807, 2.05) is 25.1 Å². The molecule has 2 rings (SSSR count). The van der Waals surface area contributed by atoms with Crippen molar-refractivity contribution in [2.45, 2.75) is 25.3 Å². The number of amides is 2. The lowest BCUT2D eigenvalue weighted by molar-refractivity contribution is -0.131. The number of ether oxygens (including phenoxy) is 1. The van der Waals surface area contributed by atoms with Crippen LogP contribution in [0.2, 0.25) is 0 Å². The van der Waals surface area contributed by atoms with Gasteiger partial charge in [-0.15, -0.1) is 12.4 Å². The maximum Gasteiger partial charge on any atom is 0.243 e. The van der Waals surface area contributed by atoms with E-state index in [0.717, 1.165) is 10.0 Å². The van der Waals surface area contributed by atoms with Crippen molar-refractivity contribution in [1.82, 2.24) is 5.32 Å². The lowest BCUT2D eigenvalue weighted by Gasteiger charge is -2.31. The van der Waals surface area contributed by atoms with Gasteiger partial charge in [0.15, 0.2) is 0 Å². The summed E-state index contributed by atoms with van der Waals surface area (Å²) in [5.41, 5.74) is 6.77. The molecule has 0 bridgehead atoms. The second kappa shape index (κ2) is 8.63. The van der Waals surface area contributed by atoms with Crippen LogP contribution in [0.3, 0.4) is 0 Å². The number of nitrogens with two attached hydrogens (primary N) is 1. The molecule has 1 aliphatic heterocycles. The SMILES string of the molecule is Cc1ccc(Br)cc1NC(=O)CNC(=O)C1(N)CCOCC1.Cl. The van der Waals surface area contributed by atoms with Crippen LogP contribution in [0.4, 0.5) is 5.69 Å². The first-order valence-electron chi connectivity index (χ1n) is 7.12. The second-order valence-electron chi connectivity index (χ2n) is 5.46. The molecule has 0 aliphatic carbocycles. The van der Waals surface area contributed by atoms with E-state index in [1.165, 1.54) is 0 Å². The number of anilines is 1. The molecule has 0 spiro atoms. The molecular weight excluding hydrogens is 386 g/mol. The number of hydrogen-bond donors (Lipinski definition) is 3. The van der Waals surface area contributed by atoms with Crippen LogP contribution in [0.1, 0.15) is 18.4 Å². The van der Waals surface area contributed by atoms with Crippen LogP contribution in [-0.4, -0.2) is 37.1 Å². The largest absolute Gasteiger partial charge is 0.381 e. The fourth-order valence-electron chi connectivity index (χ4n) is 2.22. The van der Waals surface area contributed by atoms with Crippen molar-refractivity contribution in [3.05, 3.63) is 28.2 Å². The monoisotopic (exact) mass is 405 g/mol. The third-order valence-electron chi connectivity index (χ3n) is 3.72. The number of hydrogen-bond acceptors (Lipinski definition) is 4. The highest BCUT2D eigenvalue weighted by Gasteiger charge is 2.35. The Balaban J connectivity index is 0.00000264. The maximum atomic E-state index is 12.1. The Labute approximate surface area is 150 Å². The van der Waals surface area contributed by atoms with E-state index in [9.17, 15) is 9.59 Å². The quantitative estimate of drug-likeness (QED) is 0.710. The third kappa shape index (κ3) is 5.46. The van der Waals surface area contributed by atoms with Crippen LogP contribution in [0, 0.1) is 6.92 Å². The topological polar surface area (TPSA) is 93.5 Å². The molecule has 0 aromatic heterocycles. The molecule has 1 heterocycles. The molecule has 128 valence electrons. The first kappa shape index (κ1) is 19.9. The summed E-state index contributed by atoms with van der Waals surface area (Å²) in [6, 6.07) is 5.61. The van der Waals surface area contributed by atoms with Gasteiger partial charge in [0.2, 0.25) is 11.8 Å². The Bertz CT molecular complexity index is 577. The maximum absolute atomic E-state index is 12.1. The highest BCUT2D eigenvalue weighted by Crippen LogP contribution is 2.20. The first-order valence-corrected chi connectivity index (χ1v) is 7.91. The van der Waals surface area contributed by atoms with Gasteiger partial charge in [-0.2, -0.15) is 0 Å². The fraction of sp³-hybridized carbons (Fsp3) is 0.467. The summed E-state index contributed by atoms with van der Waals surface area (Å²) < 4.78 is 6.08. The van der Waals surface area contributed by atoms with E-state index in [0.29, 0.717) is 31.7 Å². The van der Waals surface area contributed by atoms with Gasteiger partial charge in [0.25, 0.3) is 0 Å². The van der Waals surface area contributed by atoms with Gasteiger partial charge < -0.3 is 21.1 Å². The summed E-state index contributed by atoms with van der Waals surface area (Å²) in [7, 11) is 0. The van der Waals surface area contributed by atoms with Crippen LogP contribution in [0.25, 0.3) is 0 Å². The fourth-order valence-corrected chi connectivity index (χ4v) is 2.58. The lowest BCUT2D eigenvalue weighted by Crippen LogP contribution is -2.57. The molecule has 4 N–H and O–H groups in total. The van der Waals surface area contributed by atoms with Gasteiger partial charge in [0.05, 0.1) is 12.1 Å². The van der Waals surface area contributed by atoms with Crippen molar-refractivity contribution in [2.75, 3.05) is 25.1 Å². The number of nitrogens with one attached hydrogen (secondary N) is 2. The first-order chi connectivity index (χ1) is 10.4. The summed E-state index contributed by atoms with van der Waals surface area (Å²) in [4.78, 5) is 24.1. The zero-order chi connectivity index (χ0) is 16.2. The van der Waals surface area contributed by atoms with E-state index in [1.54, 1.807) is 0 Å². The number of rotatable bonds is 4. The summed E-state index contributed by atoms with van der Waals surface area (Å²) in [5, 5.41) is 5.38. The molecule has 8 heteroatoms. The molecule has 23 heavy (non-hydrogen) atoms. The average molecular weight is 407 g/mol. The average Bonchev–Trinajstić information content (AvgIpc) is 2.49. The number of aryl methyl sites for hydroxylation is 1. The van der Waals surface area contributed by atoms with E-state index < -0.39 is 5.54 Å². The van der Waals surface area contributed by atoms with Crippen LogP contribution in [-0.2, 0) is 14.3 Å². The minimum atomic E-state index is -0.940. The standard InChI is InChI=1S/C15H20BrN3O3.ClH/c1-10-2-3-11(16)8-12(10)19-13(20)9-18-14(21)15(17)4-6-22-7-5-15;/h2-3,8H,4-7,9,17H2,1H3,(H,18,21)(H,19,20);1H. The van der Waals surface area contributed by atoms with Gasteiger partial charge in [-0.3, -0.25) is 9.59 Å². The van der Waals surface area contributed by atoms with Crippen molar-refractivity contribution < 1.29 is 14.3 Å². The number of carbonyl (C=O) groups is 2. The number of halogens is 2. The van der Waals surface area contributed by atoms with Crippen LogP contribution >= 0.6 is 28.3 Å². The van der Waals surface area contributed by atoms with E-state index in [4.69, 9.17) is 10.5 Å². The zero-order valence-electron chi connectivity index (χ0n) is 12.9. The summed E-state index contributed by atoms with van der Waals surface area (Å²) in [5.74, 6) is -0.595.